The van der Waals surface area contributed by atoms with Gasteiger partial charge >= 0.3 is 6.09 Å². The highest BCUT2D eigenvalue weighted by atomic mass is 16.6. The Bertz CT molecular complexity index is 357. The molecule has 1 aliphatic heterocycles. The van der Waals surface area contributed by atoms with Crippen molar-refractivity contribution in [2.24, 2.45) is 5.92 Å². The predicted molar refractivity (Wildman–Crippen MR) is 72.4 cm³/mol. The maximum absolute atomic E-state index is 11.8. The van der Waals surface area contributed by atoms with Crippen molar-refractivity contribution in [3.8, 4) is 0 Å². The lowest BCUT2D eigenvalue weighted by atomic mass is 9.46. The molecule has 4 radical (unpaired) electrons. The Labute approximate surface area is 116 Å². The Morgan fingerprint density at radius 3 is 2.05 bits per heavy atom. The minimum Gasteiger partial charge on any atom is -0.482 e. The molecular weight excluding hydrogens is 244 g/mol. The summed E-state index contributed by atoms with van der Waals surface area (Å²) in [4.78, 5) is 24.4. The molecule has 0 spiro atoms. The van der Waals surface area contributed by atoms with Crippen molar-refractivity contribution < 1.29 is 19.4 Å². The summed E-state index contributed by atoms with van der Waals surface area (Å²) >= 11 is 0. The van der Waals surface area contributed by atoms with E-state index in [0.717, 1.165) is 0 Å². The van der Waals surface area contributed by atoms with Crippen molar-refractivity contribution in [1.29, 1.82) is 0 Å². The van der Waals surface area contributed by atoms with Crippen LogP contribution in [0.25, 0.3) is 0 Å². The molecule has 0 aliphatic carbocycles. The highest BCUT2D eigenvalue weighted by Gasteiger charge is 2.38. The van der Waals surface area contributed by atoms with E-state index in [1.54, 1.807) is 25.7 Å². The van der Waals surface area contributed by atoms with E-state index in [2.05, 4.69) is 0 Å². The first-order valence-electron chi connectivity index (χ1n) is 6.33. The summed E-state index contributed by atoms with van der Waals surface area (Å²) in [6.07, 6.45) is 0.526. The lowest BCUT2D eigenvalue weighted by Gasteiger charge is -2.39. The van der Waals surface area contributed by atoms with Crippen LogP contribution in [0.2, 0.25) is 5.21 Å². The van der Waals surface area contributed by atoms with Crippen LogP contribution in [0.15, 0.2) is 0 Å². The van der Waals surface area contributed by atoms with Gasteiger partial charge in [0.25, 0.3) is 5.97 Å². The number of carboxylic acid groups (broad SMARTS) is 1. The fourth-order valence-corrected chi connectivity index (χ4v) is 2.04. The third-order valence-corrected chi connectivity index (χ3v) is 3.19. The van der Waals surface area contributed by atoms with E-state index >= 15 is 0 Å². The van der Waals surface area contributed by atoms with Crippen LogP contribution < -0.4 is 0 Å². The number of rotatable bonds is 2. The Kier molecular flexibility index (Phi) is 4.58. The third-order valence-electron chi connectivity index (χ3n) is 3.19. The lowest BCUT2D eigenvalue weighted by molar-refractivity contribution is -0.139. The lowest BCUT2D eigenvalue weighted by Crippen LogP contribution is -2.45. The SMILES string of the molecule is [B]C([B])(C(=O)O)C1CCN(C(=O)OC(C)(C)C)CC1. The zero-order chi connectivity index (χ0) is 14.8. The first-order chi connectivity index (χ1) is 8.54. The van der Waals surface area contributed by atoms with Crippen molar-refractivity contribution in [3.63, 3.8) is 0 Å². The monoisotopic (exact) mass is 263 g/mol. The van der Waals surface area contributed by atoms with Gasteiger partial charge in [-0.05, 0) is 44.7 Å². The molecule has 19 heavy (non-hydrogen) atoms. The number of aliphatic carboxylic acids is 1. The van der Waals surface area contributed by atoms with E-state index < -0.39 is 16.8 Å². The molecule has 0 bridgehead atoms. The van der Waals surface area contributed by atoms with Gasteiger partial charge in [-0.25, -0.2) is 4.79 Å². The Morgan fingerprint density at radius 2 is 1.68 bits per heavy atom. The van der Waals surface area contributed by atoms with E-state index in [4.69, 9.17) is 25.5 Å². The number of carboxylic acids is 1. The summed E-state index contributed by atoms with van der Waals surface area (Å²) in [6.45, 7) is 6.21. The normalized spacial score (nSPS) is 18.2. The highest BCUT2D eigenvalue weighted by molar-refractivity contribution is 6.50. The molecular formula is C12H19B2NO4. The predicted octanol–water partition coefficient (Wildman–Crippen LogP) is 1.17. The van der Waals surface area contributed by atoms with E-state index in [1.807, 2.05) is 0 Å². The smallest absolute Gasteiger partial charge is 0.410 e. The van der Waals surface area contributed by atoms with E-state index in [9.17, 15) is 9.59 Å². The van der Waals surface area contributed by atoms with Gasteiger partial charge in [0.2, 0.25) is 0 Å². The quantitative estimate of drug-likeness (QED) is 0.759. The standard InChI is InChI=1S/C12H19B2NO4/c1-11(2,3)19-10(18)15-6-4-8(5-7-15)12(13,14)9(16)17/h8H,4-7H2,1-3H3,(H,16,17). The molecule has 0 atom stereocenters. The zero-order valence-corrected chi connectivity index (χ0v) is 11.7. The van der Waals surface area contributed by atoms with Gasteiger partial charge in [-0.2, -0.15) is 0 Å². The maximum Gasteiger partial charge on any atom is 0.410 e. The summed E-state index contributed by atoms with van der Waals surface area (Å²) in [5.74, 6) is -1.56. The number of carbonyl (C=O) groups excluding carboxylic acids is 1. The van der Waals surface area contributed by atoms with Gasteiger partial charge in [-0.15, -0.1) is 0 Å². The second kappa shape index (κ2) is 5.47. The van der Waals surface area contributed by atoms with Gasteiger partial charge in [-0.1, -0.05) is 0 Å². The summed E-state index contributed by atoms with van der Waals surface area (Å²) in [7, 11) is 11.2. The van der Waals surface area contributed by atoms with Crippen LogP contribution in [0, 0.1) is 5.92 Å². The Balaban J connectivity index is 2.54. The minimum atomic E-state index is -1.74. The number of ether oxygens (including phenoxy) is 1. The number of amides is 1. The van der Waals surface area contributed by atoms with Crippen LogP contribution in [-0.4, -0.2) is 56.5 Å². The average Bonchev–Trinajstić information content (AvgIpc) is 2.26. The molecule has 102 valence electrons. The van der Waals surface area contributed by atoms with Crippen LogP contribution in [-0.2, 0) is 9.53 Å². The second-order valence-electron chi connectivity index (χ2n) is 5.98. The summed E-state index contributed by atoms with van der Waals surface area (Å²) < 4.78 is 5.25. The van der Waals surface area contributed by atoms with Crippen molar-refractivity contribution in [1.82, 2.24) is 4.90 Å². The zero-order valence-electron chi connectivity index (χ0n) is 11.7. The molecule has 0 unspecified atom stereocenters. The van der Waals surface area contributed by atoms with E-state index in [0.29, 0.717) is 25.9 Å². The van der Waals surface area contributed by atoms with Crippen LogP contribution >= 0.6 is 0 Å². The molecule has 0 saturated carbocycles. The average molecular weight is 263 g/mol. The molecule has 1 amide bonds. The summed E-state index contributed by atoms with van der Waals surface area (Å²) in [5.41, 5.74) is -0.541. The van der Waals surface area contributed by atoms with Crippen molar-refractivity contribution in [2.45, 2.75) is 44.4 Å². The van der Waals surface area contributed by atoms with Crippen LogP contribution in [0.4, 0.5) is 4.79 Å². The highest BCUT2D eigenvalue weighted by Crippen LogP contribution is 2.36. The van der Waals surface area contributed by atoms with Gasteiger partial charge in [0.1, 0.15) is 5.60 Å². The fraction of sp³-hybridized carbons (Fsp3) is 0.833. The van der Waals surface area contributed by atoms with E-state index in [-0.39, 0.29) is 12.0 Å². The number of piperidine rings is 1. The molecule has 1 N–H and O–H groups in total. The van der Waals surface area contributed by atoms with Crippen molar-refractivity contribution in [2.75, 3.05) is 13.1 Å². The molecule has 0 aromatic heterocycles. The molecule has 0 aromatic rings. The Hall–Kier alpha value is -1.13. The first kappa shape index (κ1) is 15.9. The molecule has 1 saturated heterocycles. The van der Waals surface area contributed by atoms with Crippen molar-refractivity contribution in [3.05, 3.63) is 0 Å². The van der Waals surface area contributed by atoms with Crippen molar-refractivity contribution >= 4 is 27.8 Å². The number of likely N-dealkylation sites (tertiary alicyclic amines) is 1. The summed E-state index contributed by atoms with van der Waals surface area (Å²) in [6, 6.07) is 0. The van der Waals surface area contributed by atoms with Gasteiger partial charge in [0.05, 0.1) is 15.7 Å². The first-order valence-corrected chi connectivity index (χ1v) is 6.33. The fourth-order valence-electron chi connectivity index (χ4n) is 2.04. The van der Waals surface area contributed by atoms with Crippen LogP contribution in [0.5, 0.6) is 0 Å². The number of carbonyl (C=O) groups is 2. The molecule has 1 fully saturated rings. The molecule has 5 nitrogen and oxygen atoms in total. The number of hydrogen-bond acceptors (Lipinski definition) is 3. The number of nitrogens with zero attached hydrogens (tertiary/aromatic N) is 1. The molecule has 1 aliphatic rings. The topological polar surface area (TPSA) is 66.8 Å². The second-order valence-corrected chi connectivity index (χ2v) is 5.98. The molecule has 1 heterocycles. The van der Waals surface area contributed by atoms with Gasteiger partial charge in [0, 0.05) is 13.1 Å². The molecule has 1 rings (SSSR count). The van der Waals surface area contributed by atoms with E-state index in [1.165, 1.54) is 0 Å². The maximum atomic E-state index is 11.8. The van der Waals surface area contributed by atoms with Crippen LogP contribution in [0.3, 0.4) is 0 Å². The number of hydrogen-bond donors (Lipinski definition) is 1. The van der Waals surface area contributed by atoms with Gasteiger partial charge in [0.15, 0.2) is 0 Å². The molecule has 0 aromatic carbocycles. The van der Waals surface area contributed by atoms with Gasteiger partial charge < -0.3 is 14.7 Å². The summed E-state index contributed by atoms with van der Waals surface area (Å²) in [5, 5.41) is 7.23. The minimum absolute atomic E-state index is 0.344. The molecule has 7 heteroatoms. The Morgan fingerprint density at radius 1 is 1.21 bits per heavy atom. The van der Waals surface area contributed by atoms with Gasteiger partial charge in [-0.3, -0.25) is 4.79 Å². The third kappa shape index (κ3) is 4.18. The van der Waals surface area contributed by atoms with Crippen LogP contribution in [0.1, 0.15) is 33.6 Å². The largest absolute Gasteiger partial charge is 0.482 e.